The van der Waals surface area contributed by atoms with E-state index in [0.29, 0.717) is 0 Å². The molecular weight excluding hydrogens is 246 g/mol. The van der Waals surface area contributed by atoms with E-state index in [-0.39, 0.29) is 20.1 Å². The molecule has 1 aliphatic carbocycles. The Balaban J connectivity index is 3.18. The molecule has 0 aromatic carbocycles. The molecule has 0 amide bonds. The van der Waals surface area contributed by atoms with Crippen molar-refractivity contribution in [3.05, 3.63) is 20.1 Å². The summed E-state index contributed by atoms with van der Waals surface area (Å²) in [5, 5.41) is 18.2. The van der Waals surface area contributed by atoms with E-state index in [1.165, 1.54) is 0 Å². The Hall–Kier alpha value is 0.560. The minimum atomic E-state index is -1.30. The van der Waals surface area contributed by atoms with Crippen LogP contribution < -0.4 is 0 Å². The summed E-state index contributed by atoms with van der Waals surface area (Å²) in [5.41, 5.74) is 0. The molecule has 0 aromatic rings. The minimum absolute atomic E-state index is 0.0267. The van der Waals surface area contributed by atoms with E-state index in [9.17, 15) is 10.2 Å². The summed E-state index contributed by atoms with van der Waals surface area (Å²) in [4.78, 5) is 0. The first-order valence-electron chi connectivity index (χ1n) is 2.93. The number of hydrogen-bond donors (Lipinski definition) is 2. The lowest BCUT2D eigenvalue weighted by molar-refractivity contribution is 0.0728. The fraction of sp³-hybridized carbons (Fsp3) is 0.333. The summed E-state index contributed by atoms with van der Waals surface area (Å²) in [6, 6.07) is 0. The molecule has 0 saturated carbocycles. The van der Waals surface area contributed by atoms with Crippen molar-refractivity contribution in [2.24, 2.45) is 0 Å². The number of rotatable bonds is 0. The Bertz CT molecular complexity index is 243. The average Bonchev–Trinajstić information content (AvgIpc) is 2.08. The number of halogens is 4. The Labute approximate surface area is 89.0 Å². The Morgan fingerprint density at radius 3 is 1.25 bits per heavy atom. The quantitative estimate of drug-likeness (QED) is 0.691. The second kappa shape index (κ2) is 3.74. The number of aliphatic hydroxyl groups excluding tert-OH is 2. The molecule has 2 N–H and O–H groups in total. The molecular formula is C6H4Cl4O2. The van der Waals surface area contributed by atoms with Crippen LogP contribution in [-0.2, 0) is 0 Å². The van der Waals surface area contributed by atoms with Crippen molar-refractivity contribution in [1.29, 1.82) is 0 Å². The van der Waals surface area contributed by atoms with Gasteiger partial charge >= 0.3 is 0 Å². The van der Waals surface area contributed by atoms with Gasteiger partial charge < -0.3 is 10.2 Å². The first kappa shape index (κ1) is 10.6. The maximum Gasteiger partial charge on any atom is 0.122 e. The Morgan fingerprint density at radius 2 is 1.00 bits per heavy atom. The van der Waals surface area contributed by atoms with Crippen molar-refractivity contribution in [1.82, 2.24) is 0 Å². The first-order valence-corrected chi connectivity index (χ1v) is 4.44. The third-order valence-corrected chi connectivity index (χ3v) is 3.33. The van der Waals surface area contributed by atoms with Gasteiger partial charge in [0.1, 0.15) is 12.2 Å². The van der Waals surface area contributed by atoms with Gasteiger partial charge in [0.2, 0.25) is 0 Å². The largest absolute Gasteiger partial charge is 0.384 e. The van der Waals surface area contributed by atoms with Gasteiger partial charge in [-0.3, -0.25) is 0 Å². The third kappa shape index (κ3) is 1.60. The zero-order valence-corrected chi connectivity index (χ0v) is 8.58. The van der Waals surface area contributed by atoms with Gasteiger partial charge in [0.25, 0.3) is 0 Å². The predicted octanol–water partition coefficient (Wildman–Crippen LogP) is 2.10. The highest BCUT2D eigenvalue weighted by Crippen LogP contribution is 2.38. The molecule has 0 bridgehead atoms. The molecule has 68 valence electrons. The fourth-order valence-electron chi connectivity index (χ4n) is 0.747. The molecule has 0 aliphatic heterocycles. The van der Waals surface area contributed by atoms with Crippen molar-refractivity contribution < 1.29 is 10.2 Å². The zero-order chi connectivity index (χ0) is 9.46. The van der Waals surface area contributed by atoms with Gasteiger partial charge in [0.05, 0.1) is 20.1 Å². The topological polar surface area (TPSA) is 40.5 Å². The molecule has 0 aromatic heterocycles. The minimum Gasteiger partial charge on any atom is -0.384 e. The van der Waals surface area contributed by atoms with E-state index in [0.717, 1.165) is 0 Å². The van der Waals surface area contributed by atoms with Gasteiger partial charge in [-0.1, -0.05) is 46.4 Å². The highest BCUT2D eigenvalue weighted by molar-refractivity contribution is 6.51. The van der Waals surface area contributed by atoms with Crippen molar-refractivity contribution in [3.63, 3.8) is 0 Å². The van der Waals surface area contributed by atoms with Crippen LogP contribution in [0.4, 0.5) is 0 Å². The van der Waals surface area contributed by atoms with Crippen LogP contribution in [0.5, 0.6) is 0 Å². The van der Waals surface area contributed by atoms with E-state index in [1.807, 2.05) is 0 Å². The van der Waals surface area contributed by atoms with Crippen LogP contribution in [0, 0.1) is 0 Å². The monoisotopic (exact) mass is 248 g/mol. The van der Waals surface area contributed by atoms with Gasteiger partial charge in [-0.25, -0.2) is 0 Å². The van der Waals surface area contributed by atoms with Crippen LogP contribution in [0.25, 0.3) is 0 Å². The molecule has 2 atom stereocenters. The van der Waals surface area contributed by atoms with Crippen molar-refractivity contribution in [2.45, 2.75) is 12.2 Å². The van der Waals surface area contributed by atoms with Crippen LogP contribution in [0.1, 0.15) is 0 Å². The van der Waals surface area contributed by atoms with Crippen LogP contribution in [-0.4, -0.2) is 22.4 Å². The second-order valence-electron chi connectivity index (χ2n) is 2.21. The predicted molar refractivity (Wildman–Crippen MR) is 49.5 cm³/mol. The van der Waals surface area contributed by atoms with Gasteiger partial charge in [-0.15, -0.1) is 0 Å². The first-order chi connectivity index (χ1) is 5.46. The molecule has 0 spiro atoms. The lowest BCUT2D eigenvalue weighted by atomic mass is 10.1. The van der Waals surface area contributed by atoms with Gasteiger partial charge in [-0.05, 0) is 0 Å². The lowest BCUT2D eigenvalue weighted by Gasteiger charge is -2.23. The molecule has 6 heteroatoms. The van der Waals surface area contributed by atoms with Gasteiger partial charge in [0.15, 0.2) is 0 Å². The summed E-state index contributed by atoms with van der Waals surface area (Å²) in [6.07, 6.45) is -2.59. The lowest BCUT2D eigenvalue weighted by Crippen LogP contribution is -2.30. The molecule has 0 heterocycles. The average molecular weight is 250 g/mol. The summed E-state index contributed by atoms with van der Waals surface area (Å²) < 4.78 is 0. The Morgan fingerprint density at radius 1 is 0.750 bits per heavy atom. The van der Waals surface area contributed by atoms with Crippen LogP contribution in [0.2, 0.25) is 0 Å². The van der Waals surface area contributed by atoms with Crippen molar-refractivity contribution in [2.75, 3.05) is 0 Å². The summed E-state index contributed by atoms with van der Waals surface area (Å²) in [6.45, 7) is 0. The number of hydrogen-bond acceptors (Lipinski definition) is 2. The molecule has 1 rings (SSSR count). The number of allylic oxidation sites excluding steroid dienone is 2. The summed E-state index contributed by atoms with van der Waals surface area (Å²) >= 11 is 22.2. The van der Waals surface area contributed by atoms with E-state index in [2.05, 4.69) is 0 Å². The van der Waals surface area contributed by atoms with E-state index in [4.69, 9.17) is 46.4 Å². The fourth-order valence-corrected chi connectivity index (χ4v) is 1.70. The van der Waals surface area contributed by atoms with Crippen LogP contribution in [0.3, 0.4) is 0 Å². The summed E-state index contributed by atoms with van der Waals surface area (Å²) in [5.74, 6) is 0. The maximum absolute atomic E-state index is 9.20. The highest BCUT2D eigenvalue weighted by atomic mass is 35.5. The molecule has 0 fully saturated rings. The highest BCUT2D eigenvalue weighted by Gasteiger charge is 2.32. The normalized spacial score (nSPS) is 31.5. The maximum atomic E-state index is 9.20. The standard InChI is InChI=1S/C6H4Cl4O2/c7-1-2(8)4(10)6(12)5(11)3(1)9/h5-6,11-12H/t5-,6+. The molecule has 0 saturated heterocycles. The second-order valence-corrected chi connectivity index (χ2v) is 3.78. The van der Waals surface area contributed by atoms with Crippen molar-refractivity contribution in [3.8, 4) is 0 Å². The smallest absolute Gasteiger partial charge is 0.122 e. The van der Waals surface area contributed by atoms with E-state index < -0.39 is 12.2 Å². The third-order valence-electron chi connectivity index (χ3n) is 1.43. The SMILES string of the molecule is O[C@@H]1C(Cl)=C(Cl)C(Cl)=C(Cl)[C@@H]1O. The van der Waals surface area contributed by atoms with E-state index in [1.54, 1.807) is 0 Å². The van der Waals surface area contributed by atoms with Gasteiger partial charge in [-0.2, -0.15) is 0 Å². The van der Waals surface area contributed by atoms with Crippen LogP contribution >= 0.6 is 46.4 Å². The number of aliphatic hydroxyl groups is 2. The molecule has 0 unspecified atom stereocenters. The van der Waals surface area contributed by atoms with Crippen LogP contribution in [0.15, 0.2) is 20.1 Å². The van der Waals surface area contributed by atoms with Crippen molar-refractivity contribution >= 4 is 46.4 Å². The zero-order valence-electron chi connectivity index (χ0n) is 5.56. The summed E-state index contributed by atoms with van der Waals surface area (Å²) in [7, 11) is 0. The molecule has 2 nitrogen and oxygen atoms in total. The van der Waals surface area contributed by atoms with Gasteiger partial charge in [0, 0.05) is 0 Å². The van der Waals surface area contributed by atoms with E-state index >= 15 is 0 Å². The Kier molecular flexibility index (Phi) is 3.32. The molecule has 12 heavy (non-hydrogen) atoms. The molecule has 1 aliphatic rings. The molecule has 0 radical (unpaired) electrons.